The molecule has 0 radical (unpaired) electrons. The number of fused-ring (bicyclic) bond motifs is 1. The number of ether oxygens (including phenoxy) is 2. The monoisotopic (exact) mass is 390 g/mol. The van der Waals surface area contributed by atoms with Crippen molar-refractivity contribution in [2.75, 3.05) is 48.1 Å². The number of hydrogen-bond acceptors (Lipinski definition) is 8. The van der Waals surface area contributed by atoms with Crippen molar-refractivity contribution in [2.24, 2.45) is 0 Å². The van der Waals surface area contributed by atoms with E-state index in [1.165, 1.54) is 11.3 Å². The SMILES string of the molecule is Cc1cccc(N2CCN(c3nncc(Nc4ccc5c(c4)OCO5)n3)CC2)c1. The van der Waals surface area contributed by atoms with Gasteiger partial charge in [0, 0.05) is 43.6 Å². The fourth-order valence-electron chi connectivity index (χ4n) is 3.60. The molecule has 0 spiro atoms. The van der Waals surface area contributed by atoms with E-state index in [2.05, 4.69) is 61.5 Å². The highest BCUT2D eigenvalue weighted by Crippen LogP contribution is 2.35. The van der Waals surface area contributed by atoms with Crippen LogP contribution in [0.3, 0.4) is 0 Å². The van der Waals surface area contributed by atoms with E-state index in [0.29, 0.717) is 11.8 Å². The average molecular weight is 390 g/mol. The van der Waals surface area contributed by atoms with E-state index < -0.39 is 0 Å². The first-order valence-electron chi connectivity index (χ1n) is 9.67. The Morgan fingerprint density at radius 1 is 0.931 bits per heavy atom. The van der Waals surface area contributed by atoms with E-state index in [-0.39, 0.29) is 6.79 Å². The Labute approximate surface area is 169 Å². The van der Waals surface area contributed by atoms with Crippen molar-refractivity contribution in [3.05, 3.63) is 54.2 Å². The lowest BCUT2D eigenvalue weighted by Gasteiger charge is -2.36. The topological polar surface area (TPSA) is 75.6 Å². The van der Waals surface area contributed by atoms with Crippen molar-refractivity contribution in [1.82, 2.24) is 15.2 Å². The van der Waals surface area contributed by atoms with Gasteiger partial charge in [0.05, 0.1) is 6.20 Å². The normalized spacial score (nSPS) is 15.5. The Morgan fingerprint density at radius 2 is 1.76 bits per heavy atom. The molecule has 1 fully saturated rings. The molecule has 1 aromatic heterocycles. The second-order valence-corrected chi connectivity index (χ2v) is 7.15. The van der Waals surface area contributed by atoms with Crippen LogP contribution in [0.4, 0.5) is 23.1 Å². The summed E-state index contributed by atoms with van der Waals surface area (Å²) < 4.78 is 10.8. The van der Waals surface area contributed by atoms with Crippen molar-refractivity contribution >= 4 is 23.1 Å². The Hall–Kier alpha value is -3.55. The van der Waals surface area contributed by atoms with Crippen LogP contribution < -0.4 is 24.6 Å². The van der Waals surface area contributed by atoms with Gasteiger partial charge in [-0.2, -0.15) is 10.1 Å². The predicted octanol–water partition coefficient (Wildman–Crippen LogP) is 2.98. The molecule has 1 saturated heterocycles. The van der Waals surface area contributed by atoms with Gasteiger partial charge in [-0.25, -0.2) is 0 Å². The molecule has 0 atom stereocenters. The summed E-state index contributed by atoms with van der Waals surface area (Å²) in [6, 6.07) is 14.3. The lowest BCUT2D eigenvalue weighted by molar-refractivity contribution is 0.174. The van der Waals surface area contributed by atoms with Crippen molar-refractivity contribution in [2.45, 2.75) is 6.92 Å². The number of aromatic nitrogens is 3. The molecule has 5 rings (SSSR count). The Kier molecular flexibility index (Phi) is 4.51. The largest absolute Gasteiger partial charge is 0.454 e. The van der Waals surface area contributed by atoms with Crippen LogP contribution in [0, 0.1) is 6.92 Å². The van der Waals surface area contributed by atoms with E-state index in [1.807, 2.05) is 18.2 Å². The lowest BCUT2D eigenvalue weighted by atomic mass is 10.2. The minimum atomic E-state index is 0.256. The molecule has 3 aromatic rings. The highest BCUT2D eigenvalue weighted by atomic mass is 16.7. The molecule has 3 heterocycles. The van der Waals surface area contributed by atoms with Crippen LogP contribution in [-0.4, -0.2) is 48.2 Å². The van der Waals surface area contributed by atoms with Crippen LogP contribution in [0.25, 0.3) is 0 Å². The number of benzene rings is 2. The van der Waals surface area contributed by atoms with Gasteiger partial charge in [0.1, 0.15) is 0 Å². The maximum absolute atomic E-state index is 5.43. The number of anilines is 4. The van der Waals surface area contributed by atoms with Gasteiger partial charge < -0.3 is 24.6 Å². The summed E-state index contributed by atoms with van der Waals surface area (Å²) in [6.07, 6.45) is 1.62. The number of aryl methyl sites for hydroxylation is 1. The van der Waals surface area contributed by atoms with E-state index >= 15 is 0 Å². The molecule has 0 amide bonds. The Morgan fingerprint density at radius 3 is 2.62 bits per heavy atom. The van der Waals surface area contributed by atoms with Crippen LogP contribution >= 0.6 is 0 Å². The molecular weight excluding hydrogens is 368 g/mol. The Bertz CT molecular complexity index is 1020. The molecule has 0 aliphatic carbocycles. The summed E-state index contributed by atoms with van der Waals surface area (Å²) in [6.45, 7) is 5.93. The van der Waals surface area contributed by atoms with Crippen LogP contribution in [0.15, 0.2) is 48.7 Å². The first-order valence-corrected chi connectivity index (χ1v) is 9.67. The minimum absolute atomic E-state index is 0.256. The molecule has 0 saturated carbocycles. The number of piperazine rings is 1. The first kappa shape index (κ1) is 17.5. The van der Waals surface area contributed by atoms with Gasteiger partial charge in [-0.15, -0.1) is 5.10 Å². The van der Waals surface area contributed by atoms with Crippen molar-refractivity contribution in [1.29, 1.82) is 0 Å². The summed E-state index contributed by atoms with van der Waals surface area (Å²) in [4.78, 5) is 9.21. The van der Waals surface area contributed by atoms with Gasteiger partial charge in [-0.05, 0) is 36.8 Å². The molecule has 0 unspecified atom stereocenters. The zero-order valence-corrected chi connectivity index (χ0v) is 16.2. The Balaban J connectivity index is 1.26. The fraction of sp³-hybridized carbons (Fsp3) is 0.286. The molecule has 8 heteroatoms. The van der Waals surface area contributed by atoms with Crippen molar-refractivity contribution in [3.63, 3.8) is 0 Å². The average Bonchev–Trinajstić information content (AvgIpc) is 3.22. The molecular formula is C21H22N6O2. The fourth-order valence-corrected chi connectivity index (χ4v) is 3.60. The van der Waals surface area contributed by atoms with Crippen molar-refractivity contribution in [3.8, 4) is 11.5 Å². The van der Waals surface area contributed by atoms with Crippen LogP contribution in [-0.2, 0) is 0 Å². The summed E-state index contributed by atoms with van der Waals surface area (Å²) >= 11 is 0. The molecule has 2 aliphatic rings. The molecule has 148 valence electrons. The summed E-state index contributed by atoms with van der Waals surface area (Å²) in [5.74, 6) is 2.77. The number of nitrogens with one attached hydrogen (secondary N) is 1. The summed E-state index contributed by atoms with van der Waals surface area (Å²) in [7, 11) is 0. The highest BCUT2D eigenvalue weighted by molar-refractivity contribution is 5.62. The smallest absolute Gasteiger partial charge is 0.247 e. The number of hydrogen-bond donors (Lipinski definition) is 1. The maximum atomic E-state index is 5.43. The summed E-state index contributed by atoms with van der Waals surface area (Å²) in [5, 5.41) is 11.6. The lowest BCUT2D eigenvalue weighted by Crippen LogP contribution is -2.47. The zero-order chi connectivity index (χ0) is 19.6. The van der Waals surface area contributed by atoms with Gasteiger partial charge in [0.2, 0.25) is 12.7 Å². The third-order valence-corrected chi connectivity index (χ3v) is 5.12. The number of rotatable bonds is 4. The van der Waals surface area contributed by atoms with E-state index in [4.69, 9.17) is 9.47 Å². The van der Waals surface area contributed by atoms with Crippen LogP contribution in [0.1, 0.15) is 5.56 Å². The molecule has 2 aliphatic heterocycles. The molecule has 29 heavy (non-hydrogen) atoms. The van der Waals surface area contributed by atoms with E-state index in [1.54, 1.807) is 6.20 Å². The first-order chi connectivity index (χ1) is 14.2. The third kappa shape index (κ3) is 3.73. The molecule has 0 bridgehead atoms. The number of nitrogens with zero attached hydrogens (tertiary/aromatic N) is 5. The highest BCUT2D eigenvalue weighted by Gasteiger charge is 2.20. The quantitative estimate of drug-likeness (QED) is 0.729. The van der Waals surface area contributed by atoms with Gasteiger partial charge in [0.25, 0.3) is 0 Å². The van der Waals surface area contributed by atoms with Crippen LogP contribution in [0.5, 0.6) is 11.5 Å². The predicted molar refractivity (Wildman–Crippen MR) is 111 cm³/mol. The van der Waals surface area contributed by atoms with E-state index in [0.717, 1.165) is 43.4 Å². The van der Waals surface area contributed by atoms with Gasteiger partial charge in [0.15, 0.2) is 17.3 Å². The summed E-state index contributed by atoms with van der Waals surface area (Å²) in [5.41, 5.74) is 3.41. The second-order valence-electron chi connectivity index (χ2n) is 7.15. The van der Waals surface area contributed by atoms with Crippen molar-refractivity contribution < 1.29 is 9.47 Å². The van der Waals surface area contributed by atoms with Gasteiger partial charge >= 0.3 is 0 Å². The molecule has 1 N–H and O–H groups in total. The molecule has 2 aromatic carbocycles. The van der Waals surface area contributed by atoms with Crippen LogP contribution in [0.2, 0.25) is 0 Å². The third-order valence-electron chi connectivity index (χ3n) is 5.12. The van der Waals surface area contributed by atoms with E-state index in [9.17, 15) is 0 Å². The maximum Gasteiger partial charge on any atom is 0.247 e. The molecule has 8 nitrogen and oxygen atoms in total. The van der Waals surface area contributed by atoms with Gasteiger partial charge in [-0.3, -0.25) is 0 Å². The standard InChI is InChI=1S/C21H22N6O2/c1-15-3-2-4-17(11-15)26-7-9-27(10-8-26)21-24-20(13-22-25-21)23-16-5-6-18-19(12-16)29-14-28-18/h2-6,11-13H,7-10,14H2,1H3,(H,23,24,25). The minimum Gasteiger partial charge on any atom is -0.454 e. The van der Waals surface area contributed by atoms with Gasteiger partial charge in [-0.1, -0.05) is 12.1 Å². The second kappa shape index (κ2) is 7.46. The zero-order valence-electron chi connectivity index (χ0n) is 16.2.